The fraction of sp³-hybridized carbons (Fsp3) is 0.0714. The Labute approximate surface area is 118 Å². The van der Waals surface area contributed by atoms with Crippen molar-refractivity contribution >= 4 is 17.5 Å². The summed E-state index contributed by atoms with van der Waals surface area (Å²) in [7, 11) is 0. The molecule has 0 spiro atoms. The fourth-order valence-electron chi connectivity index (χ4n) is 1.75. The third-order valence-corrected chi connectivity index (χ3v) is 2.76. The Balaban J connectivity index is 2.24. The Bertz CT molecular complexity index is 704. The lowest BCUT2D eigenvalue weighted by atomic mass is 10.0. The predicted octanol–water partition coefficient (Wildman–Crippen LogP) is 1.69. The minimum Gasteiger partial charge on any atom is -0.506 e. The molecule has 1 aromatic carbocycles. The summed E-state index contributed by atoms with van der Waals surface area (Å²) in [6, 6.07) is 5.77. The number of ketones is 1. The number of benzene rings is 1. The predicted molar refractivity (Wildman–Crippen MR) is 71.0 cm³/mol. The molecule has 0 radical (unpaired) electrons. The number of carbonyl (C=O) groups excluding carboxylic acids is 1. The van der Waals surface area contributed by atoms with E-state index in [1.807, 2.05) is 0 Å². The van der Waals surface area contributed by atoms with Gasteiger partial charge in [-0.05, 0) is 17.7 Å². The van der Waals surface area contributed by atoms with Crippen molar-refractivity contribution in [3.8, 4) is 0 Å². The number of carboxylic acids is 1. The molecule has 0 aliphatic rings. The molecule has 1 heterocycles. The second-order valence-corrected chi connectivity index (χ2v) is 4.27. The molecule has 1 aromatic heterocycles. The Hall–Kier alpha value is -2.96. The van der Waals surface area contributed by atoms with Gasteiger partial charge in [0.25, 0.3) is 5.78 Å². The van der Waals surface area contributed by atoms with E-state index in [9.17, 15) is 19.1 Å². The number of nitrogens with zero attached hydrogens (tertiary/aromatic N) is 1. The van der Waals surface area contributed by atoms with Gasteiger partial charge in [0.05, 0.1) is 6.20 Å². The molecule has 6 nitrogen and oxygen atoms in total. The Kier molecular flexibility index (Phi) is 4.13. The molecular formula is C14H11FN2O4. The first-order valence-electron chi connectivity index (χ1n) is 5.92. The first-order valence-corrected chi connectivity index (χ1v) is 5.92. The summed E-state index contributed by atoms with van der Waals surface area (Å²) in [6.07, 6.45) is 2.38. The van der Waals surface area contributed by atoms with E-state index >= 15 is 0 Å². The summed E-state index contributed by atoms with van der Waals surface area (Å²) < 4.78 is 12.8. The molecule has 0 aliphatic heterocycles. The number of H-pyrrole nitrogens is 1. The zero-order valence-electron chi connectivity index (χ0n) is 10.7. The van der Waals surface area contributed by atoms with Crippen LogP contribution in [0.5, 0.6) is 0 Å². The van der Waals surface area contributed by atoms with Crippen LogP contribution in [-0.2, 0) is 16.0 Å². The van der Waals surface area contributed by atoms with Gasteiger partial charge in [0.15, 0.2) is 0 Å². The molecular weight excluding hydrogens is 279 g/mol. The van der Waals surface area contributed by atoms with E-state index in [4.69, 9.17) is 5.11 Å². The average Bonchev–Trinajstić information content (AvgIpc) is 2.89. The largest absolute Gasteiger partial charge is 0.506 e. The van der Waals surface area contributed by atoms with Gasteiger partial charge in [-0.25, -0.2) is 9.18 Å². The SMILES string of the molecule is O=C(O)C(=O)C=C(O)c1[nH]ncc1Cc1ccc(F)cc1. The number of halogens is 1. The maximum Gasteiger partial charge on any atom is 0.376 e. The summed E-state index contributed by atoms with van der Waals surface area (Å²) in [5.74, 6) is -3.78. The summed E-state index contributed by atoms with van der Waals surface area (Å²) in [5.41, 5.74) is 1.47. The third kappa shape index (κ3) is 3.53. The van der Waals surface area contributed by atoms with Crippen LogP contribution < -0.4 is 0 Å². The van der Waals surface area contributed by atoms with Crippen LogP contribution >= 0.6 is 0 Å². The maximum atomic E-state index is 12.8. The highest BCUT2D eigenvalue weighted by atomic mass is 19.1. The Morgan fingerprint density at radius 1 is 1.24 bits per heavy atom. The van der Waals surface area contributed by atoms with Crippen molar-refractivity contribution in [1.82, 2.24) is 10.2 Å². The Morgan fingerprint density at radius 2 is 1.90 bits per heavy atom. The Morgan fingerprint density at radius 3 is 2.52 bits per heavy atom. The van der Waals surface area contributed by atoms with Gasteiger partial charge in [0, 0.05) is 18.1 Å². The molecule has 0 aliphatic carbocycles. The summed E-state index contributed by atoms with van der Waals surface area (Å²) in [4.78, 5) is 21.5. The van der Waals surface area contributed by atoms with E-state index in [1.54, 1.807) is 12.1 Å². The molecule has 0 fully saturated rings. The van der Waals surface area contributed by atoms with E-state index in [0.717, 1.165) is 5.56 Å². The minimum absolute atomic E-state index is 0.147. The van der Waals surface area contributed by atoms with Gasteiger partial charge < -0.3 is 10.2 Å². The molecule has 0 unspecified atom stereocenters. The number of hydrogen-bond donors (Lipinski definition) is 3. The monoisotopic (exact) mass is 290 g/mol. The number of carboxylic acid groups (broad SMARTS) is 1. The van der Waals surface area contributed by atoms with Gasteiger partial charge in [0.1, 0.15) is 17.3 Å². The number of hydrogen-bond acceptors (Lipinski definition) is 4. The average molecular weight is 290 g/mol. The van der Waals surface area contributed by atoms with Crippen LogP contribution in [0.4, 0.5) is 4.39 Å². The maximum absolute atomic E-state index is 12.8. The van der Waals surface area contributed by atoms with Crippen LogP contribution in [0.3, 0.4) is 0 Å². The van der Waals surface area contributed by atoms with Gasteiger partial charge in [0.2, 0.25) is 0 Å². The lowest BCUT2D eigenvalue weighted by Gasteiger charge is -2.03. The molecule has 3 N–H and O–H groups in total. The summed E-state index contributed by atoms with van der Waals surface area (Å²) in [5, 5.41) is 24.5. The summed E-state index contributed by atoms with van der Waals surface area (Å²) in [6.45, 7) is 0. The second kappa shape index (κ2) is 6.00. The van der Waals surface area contributed by atoms with E-state index in [1.165, 1.54) is 18.3 Å². The van der Waals surface area contributed by atoms with Crippen LogP contribution in [0.1, 0.15) is 16.8 Å². The van der Waals surface area contributed by atoms with Crippen LogP contribution in [0, 0.1) is 5.82 Å². The van der Waals surface area contributed by atoms with Gasteiger partial charge in [-0.3, -0.25) is 9.89 Å². The molecule has 0 saturated heterocycles. The van der Waals surface area contributed by atoms with Crippen molar-refractivity contribution in [1.29, 1.82) is 0 Å². The van der Waals surface area contributed by atoms with Gasteiger partial charge >= 0.3 is 5.97 Å². The standard InChI is InChI=1S/C14H11FN2O4/c15-10-3-1-8(2-4-10)5-9-7-16-17-13(9)11(18)6-12(19)14(20)21/h1-4,6-7,18H,5H2,(H,16,17)(H,20,21). The quantitative estimate of drug-likeness (QED) is 0.441. The second-order valence-electron chi connectivity index (χ2n) is 4.27. The number of aliphatic hydroxyl groups excluding tert-OH is 1. The lowest BCUT2D eigenvalue weighted by molar-refractivity contribution is -0.146. The van der Waals surface area contributed by atoms with Crippen molar-refractivity contribution in [3.63, 3.8) is 0 Å². The lowest BCUT2D eigenvalue weighted by Crippen LogP contribution is -2.10. The highest BCUT2D eigenvalue weighted by Gasteiger charge is 2.14. The molecule has 0 atom stereocenters. The van der Waals surface area contributed by atoms with Crippen molar-refractivity contribution < 1.29 is 24.2 Å². The molecule has 0 amide bonds. The zero-order chi connectivity index (χ0) is 15.4. The number of carbonyl (C=O) groups is 2. The third-order valence-electron chi connectivity index (χ3n) is 2.76. The molecule has 2 aromatic rings. The zero-order valence-corrected chi connectivity index (χ0v) is 10.7. The van der Waals surface area contributed by atoms with E-state index in [0.29, 0.717) is 18.1 Å². The van der Waals surface area contributed by atoms with Crippen LogP contribution in [0.2, 0.25) is 0 Å². The number of rotatable bonds is 5. The first kappa shape index (κ1) is 14.4. The van der Waals surface area contributed by atoms with Crippen LogP contribution in [0.15, 0.2) is 36.5 Å². The number of aliphatic carboxylic acids is 1. The highest BCUT2D eigenvalue weighted by Crippen LogP contribution is 2.18. The van der Waals surface area contributed by atoms with Crippen molar-refractivity contribution in [3.05, 3.63) is 59.2 Å². The normalized spacial score (nSPS) is 11.4. The van der Waals surface area contributed by atoms with E-state index in [-0.39, 0.29) is 11.5 Å². The van der Waals surface area contributed by atoms with Gasteiger partial charge in [-0.1, -0.05) is 12.1 Å². The van der Waals surface area contributed by atoms with Gasteiger partial charge in [-0.15, -0.1) is 0 Å². The molecule has 2 rings (SSSR count). The highest BCUT2D eigenvalue weighted by molar-refractivity contribution is 6.38. The van der Waals surface area contributed by atoms with Gasteiger partial charge in [-0.2, -0.15) is 5.10 Å². The van der Waals surface area contributed by atoms with Crippen LogP contribution in [-0.4, -0.2) is 32.2 Å². The molecule has 108 valence electrons. The number of nitrogens with one attached hydrogen (secondary N) is 1. The van der Waals surface area contributed by atoms with E-state index in [2.05, 4.69) is 10.2 Å². The number of aliphatic hydroxyl groups is 1. The van der Waals surface area contributed by atoms with E-state index < -0.39 is 17.5 Å². The minimum atomic E-state index is -1.67. The smallest absolute Gasteiger partial charge is 0.376 e. The number of aromatic nitrogens is 2. The van der Waals surface area contributed by atoms with Crippen molar-refractivity contribution in [2.45, 2.75) is 6.42 Å². The first-order chi connectivity index (χ1) is 9.97. The molecule has 7 heteroatoms. The molecule has 0 bridgehead atoms. The topological polar surface area (TPSA) is 103 Å². The fourth-order valence-corrected chi connectivity index (χ4v) is 1.75. The summed E-state index contributed by atoms with van der Waals surface area (Å²) >= 11 is 0. The van der Waals surface area contributed by atoms with Crippen molar-refractivity contribution in [2.75, 3.05) is 0 Å². The van der Waals surface area contributed by atoms with Crippen LogP contribution in [0.25, 0.3) is 5.76 Å². The molecule has 0 saturated carbocycles. The molecule has 21 heavy (non-hydrogen) atoms. The number of aromatic amines is 1. The van der Waals surface area contributed by atoms with Crippen molar-refractivity contribution in [2.24, 2.45) is 0 Å².